The normalized spacial score (nSPS) is 11.5. The Hall–Kier alpha value is -2.46. The molecule has 1 aromatic heterocycles. The van der Waals surface area contributed by atoms with Crippen molar-refractivity contribution in [2.45, 2.75) is 13.8 Å². The van der Waals surface area contributed by atoms with E-state index in [-0.39, 0.29) is 0 Å². The summed E-state index contributed by atoms with van der Waals surface area (Å²) in [7, 11) is 0. The van der Waals surface area contributed by atoms with Crippen molar-refractivity contribution in [3.8, 4) is 11.1 Å². The van der Waals surface area contributed by atoms with Crippen LogP contribution in [0.2, 0.25) is 0 Å². The minimum Gasteiger partial charge on any atom is -0.254 e. The van der Waals surface area contributed by atoms with Crippen molar-refractivity contribution in [3.05, 3.63) is 87.6 Å². The molecule has 2 heteroatoms. The second-order valence-corrected chi connectivity index (χ2v) is 8.25. The van der Waals surface area contributed by atoms with Gasteiger partial charge in [0.2, 0.25) is 0 Å². The van der Waals surface area contributed by atoms with Crippen LogP contribution in [0.1, 0.15) is 11.1 Å². The van der Waals surface area contributed by atoms with Crippen LogP contribution >= 0.6 is 22.6 Å². The summed E-state index contributed by atoms with van der Waals surface area (Å²) >= 11 is 2.48. The largest absolute Gasteiger partial charge is 0.254 e. The zero-order chi connectivity index (χ0) is 18.5. The number of aryl methyl sites for hydroxylation is 2. The van der Waals surface area contributed by atoms with Crippen molar-refractivity contribution < 1.29 is 0 Å². The maximum Gasteiger partial charge on any atom is 0.0854 e. The van der Waals surface area contributed by atoms with E-state index in [2.05, 4.69) is 103 Å². The molecule has 5 aromatic rings. The highest BCUT2D eigenvalue weighted by molar-refractivity contribution is 14.1. The van der Waals surface area contributed by atoms with Gasteiger partial charge in [-0.05, 0) is 58.2 Å². The third-order valence-corrected chi connectivity index (χ3v) is 6.33. The van der Waals surface area contributed by atoms with Crippen molar-refractivity contribution in [1.82, 2.24) is 4.98 Å². The molecule has 0 saturated carbocycles. The quantitative estimate of drug-likeness (QED) is 0.188. The first kappa shape index (κ1) is 16.7. The number of nitrogens with zero attached hydrogens (tertiary/aromatic N) is 1. The minimum absolute atomic E-state index is 1.08. The van der Waals surface area contributed by atoms with Crippen LogP contribution in [0.3, 0.4) is 0 Å². The predicted octanol–water partition coefficient (Wildman–Crippen LogP) is 7.43. The highest BCUT2D eigenvalue weighted by Crippen LogP contribution is 2.41. The zero-order valence-electron chi connectivity index (χ0n) is 15.3. The summed E-state index contributed by atoms with van der Waals surface area (Å²) in [4.78, 5) is 4.88. The molecule has 0 radical (unpaired) electrons. The first-order valence-electron chi connectivity index (χ1n) is 9.10. The van der Waals surface area contributed by atoms with Gasteiger partial charge >= 0.3 is 0 Å². The fourth-order valence-corrected chi connectivity index (χ4v) is 4.94. The Morgan fingerprint density at radius 1 is 0.741 bits per heavy atom. The predicted molar refractivity (Wildman–Crippen MR) is 124 cm³/mol. The number of rotatable bonds is 1. The molecule has 0 bridgehead atoms. The molecule has 1 nitrogen and oxygen atoms in total. The van der Waals surface area contributed by atoms with E-state index < -0.39 is 0 Å². The van der Waals surface area contributed by atoms with Crippen LogP contribution in [0, 0.1) is 17.4 Å². The molecule has 5 rings (SSSR count). The summed E-state index contributed by atoms with van der Waals surface area (Å²) in [5.74, 6) is 0. The maximum absolute atomic E-state index is 4.88. The summed E-state index contributed by atoms with van der Waals surface area (Å²) in [6.07, 6.45) is 2.00. The van der Waals surface area contributed by atoms with E-state index in [0.717, 1.165) is 5.52 Å². The SMILES string of the molecule is Cc1ccc(-c2c(I)c3ncc4ccccc4c3c3ccc(C)cc23)cc1. The molecule has 0 fully saturated rings. The fraction of sp³-hybridized carbons (Fsp3) is 0.0800. The van der Waals surface area contributed by atoms with Gasteiger partial charge in [0.15, 0.2) is 0 Å². The third kappa shape index (κ3) is 2.62. The number of aromatic nitrogens is 1. The molecule has 0 aliphatic carbocycles. The lowest BCUT2D eigenvalue weighted by atomic mass is 9.92. The number of pyridine rings is 1. The van der Waals surface area contributed by atoms with E-state index in [1.54, 1.807) is 0 Å². The molecule has 0 amide bonds. The molecule has 0 aliphatic rings. The molecule has 0 aliphatic heterocycles. The Balaban J connectivity index is 2.04. The van der Waals surface area contributed by atoms with Crippen LogP contribution < -0.4 is 0 Å². The van der Waals surface area contributed by atoms with Crippen LogP contribution in [-0.4, -0.2) is 4.98 Å². The van der Waals surface area contributed by atoms with Crippen LogP contribution in [-0.2, 0) is 0 Å². The number of benzene rings is 4. The second kappa shape index (κ2) is 6.31. The smallest absolute Gasteiger partial charge is 0.0854 e. The van der Waals surface area contributed by atoms with E-state index >= 15 is 0 Å². The van der Waals surface area contributed by atoms with Crippen molar-refractivity contribution in [2.24, 2.45) is 0 Å². The molecule has 130 valence electrons. The highest BCUT2D eigenvalue weighted by Gasteiger charge is 2.17. The molecule has 0 unspecified atom stereocenters. The molecule has 0 atom stereocenters. The van der Waals surface area contributed by atoms with Gasteiger partial charge in [0.25, 0.3) is 0 Å². The van der Waals surface area contributed by atoms with Gasteiger partial charge in [-0.25, -0.2) is 0 Å². The van der Waals surface area contributed by atoms with Crippen LogP contribution in [0.25, 0.3) is 43.6 Å². The van der Waals surface area contributed by atoms with E-state index in [9.17, 15) is 0 Å². The number of halogens is 1. The Morgan fingerprint density at radius 3 is 2.30 bits per heavy atom. The maximum atomic E-state index is 4.88. The van der Waals surface area contributed by atoms with Crippen LogP contribution in [0.4, 0.5) is 0 Å². The van der Waals surface area contributed by atoms with Gasteiger partial charge in [0.05, 0.1) is 5.52 Å². The Morgan fingerprint density at radius 2 is 1.48 bits per heavy atom. The van der Waals surface area contributed by atoms with E-state index in [0.29, 0.717) is 0 Å². The average molecular weight is 459 g/mol. The van der Waals surface area contributed by atoms with Crippen molar-refractivity contribution in [1.29, 1.82) is 0 Å². The van der Waals surface area contributed by atoms with Crippen LogP contribution in [0.5, 0.6) is 0 Å². The summed E-state index contributed by atoms with van der Waals surface area (Å²) in [5.41, 5.74) is 6.17. The monoisotopic (exact) mass is 459 g/mol. The lowest BCUT2D eigenvalue weighted by Crippen LogP contribution is -1.94. The minimum atomic E-state index is 1.08. The Bertz CT molecular complexity index is 1330. The standard InChI is InChI=1S/C25H18IN/c1-15-7-10-17(11-8-15)22-21-13-16(2)9-12-20(21)23-19-6-4-3-5-18(19)14-27-25(23)24(22)26/h3-14H,1-2H3. The first-order chi connectivity index (χ1) is 13.1. The molecule has 4 aromatic carbocycles. The van der Waals surface area contributed by atoms with Gasteiger partial charge in [-0.1, -0.05) is 77.9 Å². The van der Waals surface area contributed by atoms with Crippen LogP contribution in [0.15, 0.2) is 72.9 Å². The van der Waals surface area contributed by atoms with E-state index in [1.165, 1.54) is 52.8 Å². The molecule has 0 spiro atoms. The van der Waals surface area contributed by atoms with Gasteiger partial charge in [-0.15, -0.1) is 0 Å². The summed E-state index contributed by atoms with van der Waals surface area (Å²) in [6.45, 7) is 4.29. The van der Waals surface area contributed by atoms with Gasteiger partial charge in [-0.2, -0.15) is 0 Å². The topological polar surface area (TPSA) is 12.9 Å². The highest BCUT2D eigenvalue weighted by atomic mass is 127. The molecular weight excluding hydrogens is 441 g/mol. The van der Waals surface area contributed by atoms with E-state index in [1.807, 2.05) is 6.20 Å². The lowest BCUT2D eigenvalue weighted by Gasteiger charge is -2.16. The Kier molecular flexibility index (Phi) is 3.90. The van der Waals surface area contributed by atoms with Gasteiger partial charge in [0.1, 0.15) is 0 Å². The lowest BCUT2D eigenvalue weighted by molar-refractivity contribution is 1.43. The fourth-order valence-electron chi connectivity index (χ4n) is 3.92. The van der Waals surface area contributed by atoms with E-state index in [4.69, 9.17) is 4.98 Å². The van der Waals surface area contributed by atoms with Gasteiger partial charge in [0, 0.05) is 26.1 Å². The van der Waals surface area contributed by atoms with Gasteiger partial charge in [-0.3, -0.25) is 4.98 Å². The average Bonchev–Trinajstić information content (AvgIpc) is 2.69. The van der Waals surface area contributed by atoms with Crippen molar-refractivity contribution >= 4 is 55.0 Å². The summed E-state index contributed by atoms with van der Waals surface area (Å²) in [5, 5.41) is 6.28. The molecular formula is C25H18IN. The summed E-state index contributed by atoms with van der Waals surface area (Å²) < 4.78 is 1.22. The first-order valence-corrected chi connectivity index (χ1v) is 10.2. The Labute approximate surface area is 172 Å². The van der Waals surface area contributed by atoms with Crippen molar-refractivity contribution in [3.63, 3.8) is 0 Å². The van der Waals surface area contributed by atoms with Crippen molar-refractivity contribution in [2.75, 3.05) is 0 Å². The molecule has 0 N–H and O–H groups in total. The molecule has 0 saturated heterocycles. The molecule has 27 heavy (non-hydrogen) atoms. The third-order valence-electron chi connectivity index (χ3n) is 5.28. The summed E-state index contributed by atoms with van der Waals surface area (Å²) in [6, 6.07) is 24.1. The second-order valence-electron chi connectivity index (χ2n) is 7.17. The van der Waals surface area contributed by atoms with Gasteiger partial charge < -0.3 is 0 Å². The number of hydrogen-bond donors (Lipinski definition) is 0. The number of hydrogen-bond acceptors (Lipinski definition) is 1. The molecule has 1 heterocycles. The zero-order valence-corrected chi connectivity index (χ0v) is 17.4. The number of fused-ring (bicyclic) bond motifs is 5.